The van der Waals surface area contributed by atoms with Crippen LogP contribution in [0.1, 0.15) is 5.56 Å². The van der Waals surface area contributed by atoms with E-state index in [0.717, 1.165) is 26.8 Å². The first-order valence-electron chi connectivity index (χ1n) is 5.03. The van der Waals surface area contributed by atoms with Gasteiger partial charge in [-0.2, -0.15) is 0 Å². The molecule has 0 N–H and O–H groups in total. The van der Waals surface area contributed by atoms with Crippen LogP contribution in [-0.2, 0) is 0 Å². The molecule has 2 aromatic rings. The van der Waals surface area contributed by atoms with E-state index in [9.17, 15) is 5.21 Å². The van der Waals surface area contributed by atoms with Crippen molar-refractivity contribution in [2.75, 3.05) is 14.2 Å². The zero-order valence-electron chi connectivity index (χ0n) is 9.31. The van der Waals surface area contributed by atoms with Crippen molar-refractivity contribution in [3.63, 3.8) is 0 Å². The number of benzene rings is 2. The molecule has 3 nitrogen and oxygen atoms in total. The van der Waals surface area contributed by atoms with Gasteiger partial charge in [0, 0.05) is 10.9 Å². The highest BCUT2D eigenvalue weighted by atomic mass is 16.5. The standard InChI is InChI=1S/C13H13NO2/c1-14(15)9-10-7-8-13(16-2)12-6-4-3-5-11(10)12/h3-9H,1-2H3. The van der Waals surface area contributed by atoms with Gasteiger partial charge in [0.2, 0.25) is 0 Å². The minimum atomic E-state index is 0.800. The molecule has 0 aliphatic heterocycles. The molecule has 0 bridgehead atoms. The van der Waals surface area contributed by atoms with Gasteiger partial charge in [0.25, 0.3) is 0 Å². The number of hydroxylamine groups is 1. The first-order valence-corrected chi connectivity index (χ1v) is 5.03. The number of fused-ring (bicyclic) bond motifs is 1. The van der Waals surface area contributed by atoms with Gasteiger partial charge < -0.3 is 9.94 Å². The quantitative estimate of drug-likeness (QED) is 0.334. The first-order chi connectivity index (χ1) is 7.72. The summed E-state index contributed by atoms with van der Waals surface area (Å²) in [5.74, 6) is 0.821. The second-order valence-corrected chi connectivity index (χ2v) is 3.58. The molecule has 0 aliphatic carbocycles. The smallest absolute Gasteiger partial charge is 0.182 e. The lowest BCUT2D eigenvalue weighted by molar-refractivity contribution is -0.416. The zero-order chi connectivity index (χ0) is 11.5. The monoisotopic (exact) mass is 215 g/mol. The Morgan fingerprint density at radius 2 is 1.81 bits per heavy atom. The summed E-state index contributed by atoms with van der Waals surface area (Å²) in [6.45, 7) is 0. The zero-order valence-corrected chi connectivity index (χ0v) is 9.31. The van der Waals surface area contributed by atoms with E-state index in [1.807, 2.05) is 36.4 Å². The van der Waals surface area contributed by atoms with Crippen molar-refractivity contribution >= 4 is 17.0 Å². The average molecular weight is 215 g/mol. The molecule has 16 heavy (non-hydrogen) atoms. The number of rotatable bonds is 2. The number of hydrogen-bond acceptors (Lipinski definition) is 2. The highest BCUT2D eigenvalue weighted by Crippen LogP contribution is 2.27. The van der Waals surface area contributed by atoms with Gasteiger partial charge in [-0.3, -0.25) is 0 Å². The first kappa shape index (κ1) is 10.5. The van der Waals surface area contributed by atoms with Gasteiger partial charge in [0.1, 0.15) is 12.8 Å². The van der Waals surface area contributed by atoms with Crippen molar-refractivity contribution in [3.05, 3.63) is 47.2 Å². The van der Waals surface area contributed by atoms with Crippen LogP contribution in [0.25, 0.3) is 10.8 Å². The van der Waals surface area contributed by atoms with Crippen molar-refractivity contribution in [1.29, 1.82) is 0 Å². The van der Waals surface area contributed by atoms with Crippen molar-refractivity contribution in [2.45, 2.75) is 0 Å². The molecular weight excluding hydrogens is 202 g/mol. The molecule has 0 atom stereocenters. The molecule has 0 heterocycles. The molecule has 0 amide bonds. The summed E-state index contributed by atoms with van der Waals surface area (Å²) in [4.78, 5) is 0. The molecule has 2 aromatic carbocycles. The summed E-state index contributed by atoms with van der Waals surface area (Å²) >= 11 is 0. The Bertz CT molecular complexity index is 543. The minimum absolute atomic E-state index is 0.800. The molecule has 0 fully saturated rings. The third kappa shape index (κ3) is 1.84. The van der Waals surface area contributed by atoms with Crippen molar-refractivity contribution in [1.82, 2.24) is 0 Å². The van der Waals surface area contributed by atoms with Crippen molar-refractivity contribution in [2.24, 2.45) is 0 Å². The topological polar surface area (TPSA) is 35.3 Å². The van der Waals surface area contributed by atoms with E-state index < -0.39 is 0 Å². The van der Waals surface area contributed by atoms with Gasteiger partial charge in [-0.25, -0.2) is 4.74 Å². The van der Waals surface area contributed by atoms with E-state index in [1.165, 1.54) is 7.05 Å². The second kappa shape index (κ2) is 4.23. The van der Waals surface area contributed by atoms with Crippen LogP contribution in [0.15, 0.2) is 36.4 Å². The normalized spacial score (nSPS) is 11.8. The third-order valence-electron chi connectivity index (χ3n) is 2.46. The SMILES string of the molecule is COc1ccc(C=[N+](C)[O-])c2ccccc12. The van der Waals surface area contributed by atoms with Crippen LogP contribution in [0.4, 0.5) is 0 Å². The van der Waals surface area contributed by atoms with Crippen LogP contribution in [0, 0.1) is 5.21 Å². The van der Waals surface area contributed by atoms with Gasteiger partial charge in [-0.15, -0.1) is 0 Å². The highest BCUT2D eigenvalue weighted by molar-refractivity contribution is 6.01. The van der Waals surface area contributed by atoms with Crippen LogP contribution in [0.2, 0.25) is 0 Å². The lowest BCUT2D eigenvalue weighted by Gasteiger charge is -2.07. The van der Waals surface area contributed by atoms with Crippen LogP contribution in [0.3, 0.4) is 0 Å². The summed E-state index contributed by atoms with van der Waals surface area (Å²) in [5.41, 5.74) is 0.897. The third-order valence-corrected chi connectivity index (χ3v) is 2.46. The average Bonchev–Trinajstić information content (AvgIpc) is 2.29. The Balaban J connectivity index is 2.74. The molecule has 0 aromatic heterocycles. The Labute approximate surface area is 94.2 Å². The van der Waals surface area contributed by atoms with E-state index in [1.54, 1.807) is 13.3 Å². The lowest BCUT2D eigenvalue weighted by Crippen LogP contribution is -1.98. The Morgan fingerprint density at radius 1 is 1.12 bits per heavy atom. The molecular formula is C13H13NO2. The summed E-state index contributed by atoms with van der Waals surface area (Å²) in [6.07, 6.45) is 1.56. The van der Waals surface area contributed by atoms with Crippen molar-refractivity contribution < 1.29 is 9.48 Å². The van der Waals surface area contributed by atoms with Crippen LogP contribution < -0.4 is 4.74 Å². The maximum absolute atomic E-state index is 11.0. The predicted octanol–water partition coefficient (Wildman–Crippen LogP) is 2.41. The highest BCUT2D eigenvalue weighted by Gasteiger charge is 2.05. The molecule has 3 heteroatoms. The fourth-order valence-corrected chi connectivity index (χ4v) is 1.78. The molecule has 2 rings (SSSR count). The molecule has 0 aliphatic rings. The fourth-order valence-electron chi connectivity index (χ4n) is 1.78. The molecule has 0 saturated carbocycles. The predicted molar refractivity (Wildman–Crippen MR) is 65.2 cm³/mol. The maximum atomic E-state index is 11.0. The molecule has 0 radical (unpaired) electrons. The van der Waals surface area contributed by atoms with E-state index in [-0.39, 0.29) is 0 Å². The van der Waals surface area contributed by atoms with Gasteiger partial charge in [0.15, 0.2) is 6.21 Å². The van der Waals surface area contributed by atoms with Crippen LogP contribution in [0.5, 0.6) is 5.75 Å². The van der Waals surface area contributed by atoms with Gasteiger partial charge in [0.05, 0.1) is 7.11 Å². The molecule has 0 unspecified atom stereocenters. The summed E-state index contributed by atoms with van der Waals surface area (Å²) in [5, 5.41) is 13.1. The van der Waals surface area contributed by atoms with E-state index in [2.05, 4.69) is 0 Å². The maximum Gasteiger partial charge on any atom is 0.182 e. The number of hydrogen-bond donors (Lipinski definition) is 0. The van der Waals surface area contributed by atoms with E-state index >= 15 is 0 Å². The van der Waals surface area contributed by atoms with Gasteiger partial charge >= 0.3 is 0 Å². The van der Waals surface area contributed by atoms with Crippen molar-refractivity contribution in [3.8, 4) is 5.75 Å². The molecule has 82 valence electrons. The fraction of sp³-hybridized carbons (Fsp3) is 0.154. The lowest BCUT2D eigenvalue weighted by atomic mass is 10.0. The minimum Gasteiger partial charge on any atom is -0.624 e. The Kier molecular flexibility index (Phi) is 2.77. The second-order valence-electron chi connectivity index (χ2n) is 3.58. The number of nitrogens with zero attached hydrogens (tertiary/aromatic N) is 1. The summed E-state index contributed by atoms with van der Waals surface area (Å²) in [6, 6.07) is 11.6. The summed E-state index contributed by atoms with van der Waals surface area (Å²) in [7, 11) is 3.11. The molecule has 0 spiro atoms. The van der Waals surface area contributed by atoms with Gasteiger partial charge in [-0.05, 0) is 17.5 Å². The van der Waals surface area contributed by atoms with E-state index in [4.69, 9.17) is 4.74 Å². The Morgan fingerprint density at radius 3 is 2.44 bits per heavy atom. The van der Waals surface area contributed by atoms with E-state index in [0.29, 0.717) is 0 Å². The number of methoxy groups -OCH3 is 1. The van der Waals surface area contributed by atoms with Crippen LogP contribution >= 0.6 is 0 Å². The number of ether oxygens (including phenoxy) is 1. The Hall–Kier alpha value is -2.03. The molecule has 0 saturated heterocycles. The van der Waals surface area contributed by atoms with Gasteiger partial charge in [-0.1, -0.05) is 24.3 Å². The largest absolute Gasteiger partial charge is 0.624 e. The van der Waals surface area contributed by atoms with Crippen LogP contribution in [-0.4, -0.2) is 25.1 Å². The summed E-state index contributed by atoms with van der Waals surface area (Å²) < 4.78 is 6.08.